The molecule has 1 aliphatic rings. The molecule has 0 aliphatic heterocycles. The van der Waals surface area contributed by atoms with E-state index in [4.69, 9.17) is 0 Å². The fourth-order valence-electron chi connectivity index (χ4n) is 1.43. The summed E-state index contributed by atoms with van der Waals surface area (Å²) in [5.74, 6) is 0.725. The molecule has 1 rings (SSSR count). The summed E-state index contributed by atoms with van der Waals surface area (Å²) in [5, 5.41) is 0. The van der Waals surface area contributed by atoms with Gasteiger partial charge in [-0.05, 0) is 16.7 Å². The Morgan fingerprint density at radius 2 is 1.60 bits per heavy atom. The van der Waals surface area contributed by atoms with Crippen LogP contribution in [0, 0.1) is 16.7 Å². The van der Waals surface area contributed by atoms with Crippen LogP contribution >= 0.6 is 0 Å². The Morgan fingerprint density at radius 1 is 1.10 bits per heavy atom. The highest BCUT2D eigenvalue weighted by molar-refractivity contribution is 5.14. The van der Waals surface area contributed by atoms with E-state index in [1.807, 2.05) is 0 Å². The van der Waals surface area contributed by atoms with Gasteiger partial charge in [0.15, 0.2) is 0 Å². The van der Waals surface area contributed by atoms with E-state index in [-0.39, 0.29) is 0 Å². The quantitative estimate of drug-likeness (QED) is 0.451. The van der Waals surface area contributed by atoms with Crippen molar-refractivity contribution in [2.75, 3.05) is 0 Å². The predicted molar refractivity (Wildman–Crippen MR) is 45.9 cm³/mol. The van der Waals surface area contributed by atoms with Crippen LogP contribution in [-0.2, 0) is 0 Å². The van der Waals surface area contributed by atoms with Gasteiger partial charge < -0.3 is 0 Å². The minimum atomic E-state index is 0.381. The summed E-state index contributed by atoms with van der Waals surface area (Å²) in [5.41, 5.74) is 0.819. The average molecular weight is 138 g/mol. The van der Waals surface area contributed by atoms with Gasteiger partial charge in [0, 0.05) is 0 Å². The first-order valence-electron chi connectivity index (χ1n) is 4.07. The molecule has 0 amide bonds. The van der Waals surface area contributed by atoms with Crippen LogP contribution in [0.25, 0.3) is 0 Å². The Balaban J connectivity index is 2.94. The monoisotopic (exact) mass is 138 g/mol. The van der Waals surface area contributed by atoms with Crippen LogP contribution in [-0.4, -0.2) is 0 Å². The zero-order chi connectivity index (χ0) is 7.99. The summed E-state index contributed by atoms with van der Waals surface area (Å²) in [7, 11) is 0. The van der Waals surface area contributed by atoms with Gasteiger partial charge in [-0.2, -0.15) is 0 Å². The molecule has 0 fully saturated rings. The molecule has 0 N–H and O–H groups in total. The third-order valence-corrected chi connectivity index (χ3v) is 3.60. The van der Waals surface area contributed by atoms with Crippen molar-refractivity contribution < 1.29 is 0 Å². The number of hydrogen-bond donors (Lipinski definition) is 0. The van der Waals surface area contributed by atoms with Crippen molar-refractivity contribution >= 4 is 0 Å². The van der Waals surface area contributed by atoms with Gasteiger partial charge in [-0.15, -0.1) is 0 Å². The minimum absolute atomic E-state index is 0.381. The lowest BCUT2D eigenvalue weighted by molar-refractivity contribution is 0.140. The normalized spacial score (nSPS) is 34.7. The molecule has 0 saturated heterocycles. The molecule has 1 unspecified atom stereocenters. The van der Waals surface area contributed by atoms with Gasteiger partial charge >= 0.3 is 0 Å². The van der Waals surface area contributed by atoms with E-state index in [1.54, 1.807) is 0 Å². The summed E-state index contributed by atoms with van der Waals surface area (Å²) in [4.78, 5) is 0. The highest BCUT2D eigenvalue weighted by Gasteiger charge is 2.42. The summed E-state index contributed by atoms with van der Waals surface area (Å²) in [6.45, 7) is 11.6. The van der Waals surface area contributed by atoms with Gasteiger partial charge in [-0.3, -0.25) is 0 Å². The Kier molecular flexibility index (Phi) is 1.47. The molecule has 0 aromatic carbocycles. The van der Waals surface area contributed by atoms with E-state index >= 15 is 0 Å². The van der Waals surface area contributed by atoms with E-state index < -0.39 is 0 Å². The molecule has 0 nitrogen and oxygen atoms in total. The van der Waals surface area contributed by atoms with Crippen LogP contribution in [0.3, 0.4) is 0 Å². The molecule has 0 saturated carbocycles. The van der Waals surface area contributed by atoms with Crippen molar-refractivity contribution in [2.45, 2.75) is 34.6 Å². The van der Waals surface area contributed by atoms with Gasteiger partial charge in [-0.25, -0.2) is 0 Å². The summed E-state index contributed by atoms with van der Waals surface area (Å²) < 4.78 is 0. The number of allylic oxidation sites excluding steroid dienone is 2. The van der Waals surface area contributed by atoms with Crippen molar-refractivity contribution in [3.63, 3.8) is 0 Å². The second-order valence-corrected chi connectivity index (χ2v) is 4.59. The fourth-order valence-corrected chi connectivity index (χ4v) is 1.43. The minimum Gasteiger partial charge on any atom is -0.0846 e. The van der Waals surface area contributed by atoms with Crippen LogP contribution in [0.4, 0.5) is 0 Å². The van der Waals surface area contributed by atoms with Crippen molar-refractivity contribution in [2.24, 2.45) is 16.7 Å². The van der Waals surface area contributed by atoms with E-state index in [0.29, 0.717) is 10.8 Å². The molecule has 0 aromatic rings. The average Bonchev–Trinajstić information content (AvgIpc) is 1.94. The molecule has 0 aromatic heterocycles. The molecule has 58 valence electrons. The third kappa shape index (κ3) is 0.817. The zero-order valence-corrected chi connectivity index (χ0v) is 7.73. The van der Waals surface area contributed by atoms with E-state index in [1.165, 1.54) is 0 Å². The Hall–Kier alpha value is -0.260. The first kappa shape index (κ1) is 7.84. The fraction of sp³-hybridized carbons (Fsp3) is 0.800. The summed E-state index contributed by atoms with van der Waals surface area (Å²) in [6, 6.07) is 0. The van der Waals surface area contributed by atoms with Crippen LogP contribution < -0.4 is 0 Å². The van der Waals surface area contributed by atoms with Crippen LogP contribution in [0.1, 0.15) is 34.6 Å². The van der Waals surface area contributed by atoms with E-state index in [2.05, 4.69) is 46.8 Å². The van der Waals surface area contributed by atoms with Gasteiger partial charge in [0.05, 0.1) is 0 Å². The number of hydrogen-bond acceptors (Lipinski definition) is 0. The molecule has 0 spiro atoms. The second-order valence-electron chi connectivity index (χ2n) is 4.59. The molecule has 0 radical (unpaired) electrons. The van der Waals surface area contributed by atoms with Crippen molar-refractivity contribution in [3.05, 3.63) is 12.2 Å². The van der Waals surface area contributed by atoms with Gasteiger partial charge in [-0.1, -0.05) is 46.8 Å². The molecular formula is C10H18. The molecule has 10 heavy (non-hydrogen) atoms. The maximum absolute atomic E-state index is 2.34. The topological polar surface area (TPSA) is 0 Å². The third-order valence-electron chi connectivity index (χ3n) is 3.60. The van der Waals surface area contributed by atoms with Gasteiger partial charge in [0.1, 0.15) is 0 Å². The molecule has 0 bridgehead atoms. The van der Waals surface area contributed by atoms with Crippen molar-refractivity contribution in [1.29, 1.82) is 0 Å². The lowest BCUT2D eigenvalue weighted by Gasteiger charge is -2.38. The van der Waals surface area contributed by atoms with Crippen molar-refractivity contribution in [3.8, 4) is 0 Å². The van der Waals surface area contributed by atoms with Crippen LogP contribution in [0.15, 0.2) is 12.2 Å². The highest BCUT2D eigenvalue weighted by atomic mass is 14.5. The smallest absolute Gasteiger partial charge is 0.0118 e. The molecule has 1 aliphatic carbocycles. The van der Waals surface area contributed by atoms with Gasteiger partial charge in [0.25, 0.3) is 0 Å². The van der Waals surface area contributed by atoms with E-state index in [0.717, 1.165) is 5.92 Å². The maximum Gasteiger partial charge on any atom is -0.0118 e. The van der Waals surface area contributed by atoms with Crippen molar-refractivity contribution in [1.82, 2.24) is 0 Å². The Morgan fingerprint density at radius 3 is 1.70 bits per heavy atom. The standard InChI is InChI=1S/C10H18/c1-8-6-7-9(2,3)10(8,4)5/h6-8H,1-5H3. The molecule has 1 atom stereocenters. The summed E-state index contributed by atoms with van der Waals surface area (Å²) in [6.07, 6.45) is 4.68. The zero-order valence-electron chi connectivity index (χ0n) is 7.73. The number of rotatable bonds is 0. The summed E-state index contributed by atoms with van der Waals surface area (Å²) >= 11 is 0. The first-order chi connectivity index (χ1) is 4.38. The van der Waals surface area contributed by atoms with Crippen LogP contribution in [0.2, 0.25) is 0 Å². The Labute approximate surface area is 64.3 Å². The SMILES string of the molecule is CC1C=CC(C)(C)C1(C)C. The van der Waals surface area contributed by atoms with E-state index in [9.17, 15) is 0 Å². The lowest BCUT2D eigenvalue weighted by Crippen LogP contribution is -2.31. The highest BCUT2D eigenvalue weighted by Crippen LogP contribution is 2.50. The van der Waals surface area contributed by atoms with Gasteiger partial charge in [0.2, 0.25) is 0 Å². The Bertz CT molecular complexity index is 161. The first-order valence-corrected chi connectivity index (χ1v) is 4.07. The lowest BCUT2D eigenvalue weighted by atomic mass is 9.67. The molecule has 0 heteroatoms. The predicted octanol–water partition coefficient (Wildman–Crippen LogP) is 3.24. The molecule has 0 heterocycles. The molecular weight excluding hydrogens is 120 g/mol. The second kappa shape index (κ2) is 1.87. The largest absolute Gasteiger partial charge is 0.0846 e. The van der Waals surface area contributed by atoms with Crippen LogP contribution in [0.5, 0.6) is 0 Å². The maximum atomic E-state index is 2.34.